The number of aryl methyl sites for hydroxylation is 2. The minimum Gasteiger partial charge on any atom is -0.305 e. The monoisotopic (exact) mass is 340 g/mol. The van der Waals surface area contributed by atoms with Gasteiger partial charge in [0, 0.05) is 5.69 Å². The van der Waals surface area contributed by atoms with Gasteiger partial charge in [-0.25, -0.2) is 24.1 Å². The zero-order chi connectivity index (χ0) is 18.0. The minimum atomic E-state index is -0.577. The third-order valence-electron chi connectivity index (χ3n) is 3.73. The number of urea groups is 1. The van der Waals surface area contributed by atoms with E-state index in [0.717, 1.165) is 17.2 Å². The Morgan fingerprint density at radius 2 is 1.76 bits per heavy atom. The van der Waals surface area contributed by atoms with Gasteiger partial charge in [0.1, 0.15) is 11.6 Å². The highest BCUT2D eigenvalue weighted by atomic mass is 19.1. The second-order valence-corrected chi connectivity index (χ2v) is 5.50. The summed E-state index contributed by atoms with van der Waals surface area (Å²) in [5, 5.41) is 4.99. The number of hydrogen-bond donors (Lipinski definition) is 2. The number of anilines is 2. The highest BCUT2D eigenvalue weighted by molar-refractivity contribution is 5.99. The number of para-hydroxylation sites is 1. The second kappa shape index (κ2) is 6.68. The smallest absolute Gasteiger partial charge is 0.305 e. The third kappa shape index (κ3) is 3.47. The molecule has 0 unspecified atom stereocenters. The van der Waals surface area contributed by atoms with E-state index in [9.17, 15) is 9.18 Å². The van der Waals surface area contributed by atoms with Crippen molar-refractivity contribution in [2.75, 3.05) is 10.6 Å². The first kappa shape index (κ1) is 16.6. The van der Waals surface area contributed by atoms with Crippen LogP contribution in [0.5, 0.6) is 0 Å². The Balaban J connectivity index is 1.72. The fourth-order valence-corrected chi connectivity index (χ4v) is 2.42. The first-order valence-electron chi connectivity index (χ1n) is 7.63. The van der Waals surface area contributed by atoms with Crippen molar-refractivity contribution >= 4 is 17.4 Å². The highest BCUT2D eigenvalue weighted by Crippen LogP contribution is 2.16. The number of nitrogens with zero attached hydrogens (tertiary/aromatic N) is 4. The highest BCUT2D eigenvalue weighted by Gasteiger charge is 2.12. The van der Waals surface area contributed by atoms with E-state index in [1.165, 1.54) is 24.5 Å². The largest absolute Gasteiger partial charge is 0.323 e. The molecule has 7 nitrogen and oxygen atoms in total. The van der Waals surface area contributed by atoms with Gasteiger partial charge in [0.05, 0.1) is 29.5 Å². The van der Waals surface area contributed by atoms with Crippen LogP contribution in [0, 0.1) is 26.6 Å². The average Bonchev–Trinajstić information content (AvgIpc) is 2.83. The van der Waals surface area contributed by atoms with Crippen molar-refractivity contribution in [1.29, 1.82) is 0 Å². The SMILES string of the molecule is Cc1nc(C)n(-c2ncc(NC(=O)Nc3ccccc3F)cn2)c1C. The van der Waals surface area contributed by atoms with Crippen LogP contribution in [0.15, 0.2) is 36.7 Å². The lowest BCUT2D eigenvalue weighted by Gasteiger charge is -2.09. The van der Waals surface area contributed by atoms with Gasteiger partial charge < -0.3 is 10.6 Å². The molecule has 8 heteroatoms. The summed E-state index contributed by atoms with van der Waals surface area (Å²) in [5.41, 5.74) is 2.35. The fourth-order valence-electron chi connectivity index (χ4n) is 2.42. The molecule has 25 heavy (non-hydrogen) atoms. The Bertz CT molecular complexity index is 919. The molecule has 128 valence electrons. The number of nitrogens with one attached hydrogen (secondary N) is 2. The molecule has 0 atom stereocenters. The molecule has 1 aromatic carbocycles. The predicted octanol–water partition coefficient (Wildman–Crippen LogP) is 3.37. The molecule has 2 heterocycles. The lowest BCUT2D eigenvalue weighted by molar-refractivity contribution is 0.262. The van der Waals surface area contributed by atoms with Crippen LogP contribution in [-0.4, -0.2) is 25.6 Å². The normalized spacial score (nSPS) is 10.6. The number of rotatable bonds is 3. The molecule has 0 saturated carbocycles. The molecule has 0 radical (unpaired) electrons. The summed E-state index contributed by atoms with van der Waals surface area (Å²) in [6.45, 7) is 5.73. The van der Waals surface area contributed by atoms with E-state index in [0.29, 0.717) is 11.6 Å². The van der Waals surface area contributed by atoms with Crippen LogP contribution in [0.1, 0.15) is 17.2 Å². The lowest BCUT2D eigenvalue weighted by Crippen LogP contribution is -2.20. The van der Waals surface area contributed by atoms with Crippen LogP contribution in [0.25, 0.3) is 5.95 Å². The number of carbonyl (C=O) groups is 1. The topological polar surface area (TPSA) is 84.7 Å². The molecule has 2 aromatic heterocycles. The van der Waals surface area contributed by atoms with Crippen molar-refractivity contribution in [2.45, 2.75) is 20.8 Å². The van der Waals surface area contributed by atoms with Gasteiger partial charge in [-0.2, -0.15) is 0 Å². The van der Waals surface area contributed by atoms with Crippen molar-refractivity contribution < 1.29 is 9.18 Å². The summed E-state index contributed by atoms with van der Waals surface area (Å²) in [6, 6.07) is 5.35. The lowest BCUT2D eigenvalue weighted by atomic mass is 10.3. The van der Waals surface area contributed by atoms with E-state index in [1.54, 1.807) is 12.1 Å². The molecule has 0 saturated heterocycles. The summed E-state index contributed by atoms with van der Waals surface area (Å²) < 4.78 is 15.4. The standard InChI is InChI=1S/C17H17FN6O/c1-10-11(2)24(12(3)21-10)16-19-8-13(9-20-16)22-17(25)23-15-7-5-4-6-14(15)18/h4-9H,1-3H3,(H2,22,23,25). The quantitative estimate of drug-likeness (QED) is 0.765. The summed E-state index contributed by atoms with van der Waals surface area (Å²) in [6.07, 6.45) is 2.97. The van der Waals surface area contributed by atoms with E-state index in [1.807, 2.05) is 25.3 Å². The van der Waals surface area contributed by atoms with Gasteiger partial charge in [-0.15, -0.1) is 0 Å². The number of hydrogen-bond acceptors (Lipinski definition) is 4. The molecular weight excluding hydrogens is 323 g/mol. The molecular formula is C17H17FN6O. The average molecular weight is 340 g/mol. The number of aromatic nitrogens is 4. The molecule has 3 rings (SSSR count). The third-order valence-corrected chi connectivity index (χ3v) is 3.73. The van der Waals surface area contributed by atoms with Gasteiger partial charge in [0.2, 0.25) is 5.95 Å². The van der Waals surface area contributed by atoms with Crippen molar-refractivity contribution in [3.63, 3.8) is 0 Å². The van der Waals surface area contributed by atoms with Gasteiger partial charge in [0.25, 0.3) is 0 Å². The molecule has 0 aliphatic carbocycles. The Kier molecular flexibility index (Phi) is 4.42. The van der Waals surface area contributed by atoms with Crippen LogP contribution >= 0.6 is 0 Å². The Morgan fingerprint density at radius 3 is 2.36 bits per heavy atom. The molecule has 0 bridgehead atoms. The van der Waals surface area contributed by atoms with Crippen LogP contribution in [0.4, 0.5) is 20.6 Å². The van der Waals surface area contributed by atoms with Crippen LogP contribution < -0.4 is 10.6 Å². The summed E-state index contributed by atoms with van der Waals surface area (Å²) >= 11 is 0. The maximum atomic E-state index is 13.5. The van der Waals surface area contributed by atoms with Gasteiger partial charge in [-0.1, -0.05) is 12.1 Å². The van der Waals surface area contributed by atoms with Gasteiger partial charge in [0.15, 0.2) is 0 Å². The number of benzene rings is 1. The first-order valence-corrected chi connectivity index (χ1v) is 7.63. The Labute approximate surface area is 144 Å². The number of amides is 2. The summed E-state index contributed by atoms with van der Waals surface area (Å²) in [4.78, 5) is 24.8. The van der Waals surface area contributed by atoms with Crippen molar-refractivity contribution in [1.82, 2.24) is 19.5 Å². The van der Waals surface area contributed by atoms with Gasteiger partial charge in [-0.3, -0.25) is 4.57 Å². The Morgan fingerprint density at radius 1 is 1.08 bits per heavy atom. The summed E-state index contributed by atoms with van der Waals surface area (Å²) in [7, 11) is 0. The maximum Gasteiger partial charge on any atom is 0.323 e. The number of halogens is 1. The molecule has 3 aromatic rings. The van der Waals surface area contributed by atoms with Crippen molar-refractivity contribution in [3.8, 4) is 5.95 Å². The zero-order valence-corrected chi connectivity index (χ0v) is 14.0. The molecule has 0 aliphatic heterocycles. The minimum absolute atomic E-state index is 0.0951. The van der Waals surface area contributed by atoms with Crippen LogP contribution in [-0.2, 0) is 0 Å². The predicted molar refractivity (Wildman–Crippen MR) is 92.4 cm³/mol. The molecule has 2 amide bonds. The van der Waals surface area contributed by atoms with E-state index in [2.05, 4.69) is 25.6 Å². The van der Waals surface area contributed by atoms with E-state index >= 15 is 0 Å². The van der Waals surface area contributed by atoms with Gasteiger partial charge >= 0.3 is 6.03 Å². The maximum absolute atomic E-state index is 13.5. The molecule has 0 spiro atoms. The van der Waals surface area contributed by atoms with E-state index in [4.69, 9.17) is 0 Å². The second-order valence-electron chi connectivity index (χ2n) is 5.50. The molecule has 0 aliphatic rings. The first-order chi connectivity index (χ1) is 12.0. The fraction of sp³-hybridized carbons (Fsp3) is 0.176. The molecule has 0 fully saturated rings. The Hall–Kier alpha value is -3.29. The molecule has 2 N–H and O–H groups in total. The number of carbonyl (C=O) groups excluding carboxylic acids is 1. The zero-order valence-electron chi connectivity index (χ0n) is 14.0. The van der Waals surface area contributed by atoms with Crippen molar-refractivity contribution in [2.24, 2.45) is 0 Å². The van der Waals surface area contributed by atoms with E-state index in [-0.39, 0.29) is 5.69 Å². The van der Waals surface area contributed by atoms with E-state index < -0.39 is 11.8 Å². The van der Waals surface area contributed by atoms with Crippen LogP contribution in [0.2, 0.25) is 0 Å². The van der Waals surface area contributed by atoms with Crippen molar-refractivity contribution in [3.05, 3.63) is 59.7 Å². The van der Waals surface area contributed by atoms with Crippen LogP contribution in [0.3, 0.4) is 0 Å². The van der Waals surface area contributed by atoms with Gasteiger partial charge in [-0.05, 0) is 32.9 Å². The number of imidazole rings is 1. The summed E-state index contributed by atoms with van der Waals surface area (Å²) in [5.74, 6) is 0.745.